The lowest BCUT2D eigenvalue weighted by Gasteiger charge is -2.27. The highest BCUT2D eigenvalue weighted by Crippen LogP contribution is 2.31. The number of nitrogens with zero attached hydrogens (tertiary/aromatic N) is 2. The summed E-state index contributed by atoms with van der Waals surface area (Å²) in [4.78, 5) is 16.5. The molecule has 1 heterocycles. The fourth-order valence-electron chi connectivity index (χ4n) is 3.11. The number of nitrogens with one attached hydrogen (secondary N) is 2. The number of rotatable bonds is 5. The van der Waals surface area contributed by atoms with Crippen molar-refractivity contribution < 1.29 is 4.79 Å². The van der Waals surface area contributed by atoms with E-state index in [0.717, 1.165) is 44.0 Å². The maximum atomic E-state index is 11.6. The number of hydrogen-bond donors (Lipinski definition) is 3. The Morgan fingerprint density at radius 3 is 2.77 bits per heavy atom. The zero-order chi connectivity index (χ0) is 16.1. The molecule has 6 nitrogen and oxygen atoms in total. The van der Waals surface area contributed by atoms with Crippen LogP contribution in [-0.2, 0) is 0 Å². The summed E-state index contributed by atoms with van der Waals surface area (Å²) in [5.74, 6) is 0. The van der Waals surface area contributed by atoms with Crippen molar-refractivity contribution in [2.75, 3.05) is 49.2 Å². The number of carbonyl (C=O) groups excluding carboxylic acids is 1. The Balaban J connectivity index is 2.17. The lowest BCUT2D eigenvalue weighted by molar-refractivity contribution is 0.232. The highest BCUT2D eigenvalue weighted by Gasteiger charge is 2.27. The van der Waals surface area contributed by atoms with Crippen LogP contribution in [-0.4, -0.2) is 50.2 Å². The zero-order valence-electron chi connectivity index (χ0n) is 13.7. The summed E-state index contributed by atoms with van der Waals surface area (Å²) >= 11 is 0. The summed E-state index contributed by atoms with van der Waals surface area (Å²) in [6.45, 7) is 8.52. The van der Waals surface area contributed by atoms with Crippen molar-refractivity contribution in [3.05, 3.63) is 18.2 Å². The van der Waals surface area contributed by atoms with Gasteiger partial charge in [-0.25, -0.2) is 4.79 Å². The second-order valence-electron chi connectivity index (χ2n) is 5.59. The van der Waals surface area contributed by atoms with Crippen LogP contribution in [0, 0.1) is 0 Å². The van der Waals surface area contributed by atoms with E-state index in [2.05, 4.69) is 34.3 Å². The molecular formula is C16H27N5O. The largest absolute Gasteiger partial charge is 0.399 e. The van der Waals surface area contributed by atoms with Gasteiger partial charge in [0.15, 0.2) is 0 Å². The van der Waals surface area contributed by atoms with Crippen molar-refractivity contribution >= 4 is 23.1 Å². The van der Waals surface area contributed by atoms with Crippen molar-refractivity contribution in [1.29, 1.82) is 0 Å². The van der Waals surface area contributed by atoms with Crippen molar-refractivity contribution in [3.8, 4) is 0 Å². The van der Waals surface area contributed by atoms with Gasteiger partial charge >= 0.3 is 6.03 Å². The van der Waals surface area contributed by atoms with Gasteiger partial charge in [-0.1, -0.05) is 13.8 Å². The van der Waals surface area contributed by atoms with Crippen LogP contribution in [0.25, 0.3) is 0 Å². The molecule has 1 aromatic carbocycles. The van der Waals surface area contributed by atoms with Crippen LogP contribution in [0.4, 0.5) is 21.9 Å². The predicted octanol–water partition coefficient (Wildman–Crippen LogP) is 1.94. The van der Waals surface area contributed by atoms with Gasteiger partial charge in [0.05, 0.1) is 11.4 Å². The van der Waals surface area contributed by atoms with Crippen molar-refractivity contribution in [2.24, 2.45) is 0 Å². The van der Waals surface area contributed by atoms with Crippen LogP contribution < -0.4 is 21.3 Å². The van der Waals surface area contributed by atoms with Gasteiger partial charge in [-0.05, 0) is 37.7 Å². The third-order valence-corrected chi connectivity index (χ3v) is 4.33. The Morgan fingerprint density at radius 1 is 1.41 bits per heavy atom. The topological polar surface area (TPSA) is 73.6 Å². The number of hydrogen-bond acceptors (Lipinski definition) is 4. The van der Waals surface area contributed by atoms with Crippen LogP contribution in [0.15, 0.2) is 18.2 Å². The summed E-state index contributed by atoms with van der Waals surface area (Å²) in [5.41, 5.74) is 8.31. The first-order valence-corrected chi connectivity index (χ1v) is 7.96. The van der Waals surface area contributed by atoms with Gasteiger partial charge in [0.2, 0.25) is 0 Å². The molecule has 122 valence electrons. The Bertz CT molecular complexity index is 515. The highest BCUT2D eigenvalue weighted by atomic mass is 16.2. The maximum Gasteiger partial charge on any atom is 0.319 e. The predicted molar refractivity (Wildman–Crippen MR) is 92.5 cm³/mol. The third kappa shape index (κ3) is 3.62. The van der Waals surface area contributed by atoms with Crippen molar-refractivity contribution in [2.45, 2.75) is 26.3 Å². The Hall–Kier alpha value is -1.95. The number of benzene rings is 1. The summed E-state index contributed by atoms with van der Waals surface area (Å²) in [5, 5.41) is 5.44. The molecule has 0 radical (unpaired) electrons. The van der Waals surface area contributed by atoms with Crippen LogP contribution >= 0.6 is 0 Å². The molecule has 2 rings (SSSR count). The number of carbonyl (C=O) groups is 1. The molecule has 0 aromatic heterocycles. The normalized spacial score (nSPS) is 17.8. The van der Waals surface area contributed by atoms with E-state index in [1.165, 1.54) is 0 Å². The van der Waals surface area contributed by atoms with Gasteiger partial charge in [-0.2, -0.15) is 0 Å². The Kier molecular flexibility index (Phi) is 5.49. The quantitative estimate of drug-likeness (QED) is 0.727. The summed E-state index contributed by atoms with van der Waals surface area (Å²) in [6, 6.07) is 6.03. The van der Waals surface area contributed by atoms with Crippen LogP contribution in [0.2, 0.25) is 0 Å². The summed E-state index contributed by atoms with van der Waals surface area (Å²) in [6.07, 6.45) is 1.14. The molecule has 2 amide bonds. The smallest absolute Gasteiger partial charge is 0.319 e. The van der Waals surface area contributed by atoms with E-state index in [0.29, 0.717) is 11.7 Å². The number of nitrogens with two attached hydrogens (primary N) is 1. The first-order valence-electron chi connectivity index (χ1n) is 7.96. The maximum absolute atomic E-state index is 11.6. The van der Waals surface area contributed by atoms with Gasteiger partial charge in [-0.15, -0.1) is 0 Å². The van der Waals surface area contributed by atoms with E-state index in [1.807, 2.05) is 18.2 Å². The first kappa shape index (κ1) is 16.4. The second kappa shape index (κ2) is 7.35. The third-order valence-electron chi connectivity index (χ3n) is 4.33. The fourth-order valence-corrected chi connectivity index (χ4v) is 3.11. The Labute approximate surface area is 132 Å². The molecule has 1 aromatic rings. The molecule has 1 saturated heterocycles. The number of urea groups is 1. The molecule has 1 aliphatic heterocycles. The number of anilines is 3. The van der Waals surface area contributed by atoms with E-state index in [9.17, 15) is 4.79 Å². The molecule has 4 N–H and O–H groups in total. The molecule has 0 saturated carbocycles. The van der Waals surface area contributed by atoms with E-state index in [1.54, 1.807) is 7.05 Å². The molecule has 1 atom stereocenters. The molecule has 0 bridgehead atoms. The molecule has 22 heavy (non-hydrogen) atoms. The zero-order valence-corrected chi connectivity index (χ0v) is 13.7. The van der Waals surface area contributed by atoms with Crippen LogP contribution in [0.1, 0.15) is 20.3 Å². The lowest BCUT2D eigenvalue weighted by atomic mass is 10.2. The van der Waals surface area contributed by atoms with Gasteiger partial charge in [0, 0.05) is 31.9 Å². The van der Waals surface area contributed by atoms with E-state index in [4.69, 9.17) is 5.73 Å². The number of likely N-dealkylation sites (N-methyl/N-ethyl adjacent to an activating group) is 1. The average Bonchev–Trinajstić information content (AvgIpc) is 2.98. The minimum atomic E-state index is -0.230. The van der Waals surface area contributed by atoms with Crippen LogP contribution in [0.3, 0.4) is 0 Å². The molecule has 1 aliphatic rings. The standard InChI is InChI=1S/C16H27N5O/c1-4-20(5-2)13-8-9-21(11-13)15-7-6-12(17)10-14(15)19-16(22)18-3/h6-7,10,13H,4-5,8-9,11,17H2,1-3H3,(H2,18,19,22). The minimum absolute atomic E-state index is 0.230. The molecular weight excluding hydrogens is 278 g/mol. The molecule has 6 heteroatoms. The van der Waals surface area contributed by atoms with Crippen molar-refractivity contribution in [3.63, 3.8) is 0 Å². The van der Waals surface area contributed by atoms with Crippen molar-refractivity contribution in [1.82, 2.24) is 10.2 Å². The molecule has 1 unspecified atom stereocenters. The van der Waals surface area contributed by atoms with Gasteiger partial charge in [-0.3, -0.25) is 4.90 Å². The van der Waals surface area contributed by atoms with E-state index >= 15 is 0 Å². The summed E-state index contributed by atoms with van der Waals surface area (Å²) < 4.78 is 0. The lowest BCUT2D eigenvalue weighted by Crippen LogP contribution is -2.37. The monoisotopic (exact) mass is 305 g/mol. The van der Waals surface area contributed by atoms with Gasteiger partial charge < -0.3 is 21.3 Å². The highest BCUT2D eigenvalue weighted by molar-refractivity contribution is 5.94. The molecule has 0 aliphatic carbocycles. The molecule has 0 spiro atoms. The van der Waals surface area contributed by atoms with Gasteiger partial charge in [0.25, 0.3) is 0 Å². The average molecular weight is 305 g/mol. The second-order valence-corrected chi connectivity index (χ2v) is 5.59. The summed E-state index contributed by atoms with van der Waals surface area (Å²) in [7, 11) is 1.60. The first-order chi connectivity index (χ1) is 10.6. The fraction of sp³-hybridized carbons (Fsp3) is 0.562. The minimum Gasteiger partial charge on any atom is -0.399 e. The molecule has 1 fully saturated rings. The van der Waals surface area contributed by atoms with E-state index < -0.39 is 0 Å². The van der Waals surface area contributed by atoms with E-state index in [-0.39, 0.29) is 6.03 Å². The number of amides is 2. The Morgan fingerprint density at radius 2 is 2.14 bits per heavy atom. The SMILES string of the molecule is CCN(CC)C1CCN(c2ccc(N)cc2NC(=O)NC)C1. The number of nitrogen functional groups attached to an aromatic ring is 1. The van der Waals surface area contributed by atoms with Crippen LogP contribution in [0.5, 0.6) is 0 Å². The van der Waals surface area contributed by atoms with Gasteiger partial charge in [0.1, 0.15) is 0 Å².